The third-order valence-corrected chi connectivity index (χ3v) is 7.11. The van der Waals surface area contributed by atoms with E-state index in [9.17, 15) is 9.18 Å². The fourth-order valence-electron chi connectivity index (χ4n) is 5.19. The first kappa shape index (κ1) is 25.7. The summed E-state index contributed by atoms with van der Waals surface area (Å²) in [6.07, 6.45) is 0.720. The van der Waals surface area contributed by atoms with Crippen molar-refractivity contribution in [2.24, 2.45) is 11.8 Å². The lowest BCUT2D eigenvalue weighted by Crippen LogP contribution is -2.47. The molecule has 0 unspecified atom stereocenters. The standard InChI is InChI=1S/C32H33FN2O3/c1-37-30-13-10-23(11-14-30)18-34-32(36)28-16-25(22-38-31-8-4-7-29(33)17-31)20-35(21-28)19-24-9-12-26-5-2-3-6-27(26)15-24/h2-15,17,25,28H,16,18-22H2,1H3,(H,34,36)/t25-,28+/m0/s1. The fraction of sp³-hybridized carbons (Fsp3) is 0.281. The van der Waals surface area contributed by atoms with Crippen molar-refractivity contribution in [3.8, 4) is 11.5 Å². The van der Waals surface area contributed by atoms with Gasteiger partial charge in [0.1, 0.15) is 17.3 Å². The molecule has 5 rings (SSSR count). The van der Waals surface area contributed by atoms with Crippen LogP contribution in [0.15, 0.2) is 91.0 Å². The second kappa shape index (κ2) is 12.1. The van der Waals surface area contributed by atoms with E-state index < -0.39 is 0 Å². The van der Waals surface area contributed by atoms with Gasteiger partial charge < -0.3 is 14.8 Å². The van der Waals surface area contributed by atoms with Crippen molar-refractivity contribution in [3.63, 3.8) is 0 Å². The number of halogens is 1. The average molecular weight is 513 g/mol. The number of nitrogens with one attached hydrogen (secondary N) is 1. The van der Waals surface area contributed by atoms with E-state index in [1.807, 2.05) is 30.3 Å². The predicted molar refractivity (Wildman–Crippen MR) is 148 cm³/mol. The highest BCUT2D eigenvalue weighted by Crippen LogP contribution is 2.26. The molecule has 196 valence electrons. The molecule has 6 heteroatoms. The monoisotopic (exact) mass is 512 g/mol. The Morgan fingerprint density at radius 1 is 0.895 bits per heavy atom. The number of benzene rings is 4. The van der Waals surface area contributed by atoms with Crippen LogP contribution < -0.4 is 14.8 Å². The summed E-state index contributed by atoms with van der Waals surface area (Å²) >= 11 is 0. The van der Waals surface area contributed by atoms with E-state index in [4.69, 9.17) is 9.47 Å². The highest BCUT2D eigenvalue weighted by Gasteiger charge is 2.32. The van der Waals surface area contributed by atoms with E-state index in [2.05, 4.69) is 46.6 Å². The number of carbonyl (C=O) groups excluding carboxylic acids is 1. The lowest BCUT2D eigenvalue weighted by atomic mass is 9.88. The first-order valence-corrected chi connectivity index (χ1v) is 13.0. The van der Waals surface area contributed by atoms with E-state index in [1.54, 1.807) is 19.2 Å². The minimum atomic E-state index is -0.320. The number of rotatable bonds is 9. The van der Waals surface area contributed by atoms with Crippen LogP contribution in [0.25, 0.3) is 10.8 Å². The molecule has 4 aromatic carbocycles. The predicted octanol–water partition coefficient (Wildman–Crippen LogP) is 5.82. The molecule has 2 atom stereocenters. The number of nitrogens with zero attached hydrogens (tertiary/aromatic N) is 1. The van der Waals surface area contributed by atoms with E-state index in [0.29, 0.717) is 25.4 Å². The Bertz CT molecular complexity index is 1370. The Balaban J connectivity index is 1.27. The normalized spacial score (nSPS) is 17.7. The van der Waals surface area contributed by atoms with Crippen LogP contribution in [0.4, 0.5) is 4.39 Å². The number of likely N-dealkylation sites (tertiary alicyclic amines) is 1. The molecule has 5 nitrogen and oxygen atoms in total. The largest absolute Gasteiger partial charge is 0.497 e. The third kappa shape index (κ3) is 6.69. The summed E-state index contributed by atoms with van der Waals surface area (Å²) in [5.74, 6) is 1.00. The van der Waals surface area contributed by atoms with Crippen molar-refractivity contribution in [1.29, 1.82) is 0 Å². The van der Waals surface area contributed by atoms with Crippen LogP contribution in [0.3, 0.4) is 0 Å². The molecule has 1 heterocycles. The highest BCUT2D eigenvalue weighted by molar-refractivity contribution is 5.83. The molecule has 0 radical (unpaired) electrons. The van der Waals surface area contributed by atoms with Gasteiger partial charge in [0.15, 0.2) is 0 Å². The van der Waals surface area contributed by atoms with Gasteiger partial charge in [0, 0.05) is 38.2 Å². The van der Waals surface area contributed by atoms with Gasteiger partial charge in [-0.05, 0) is 58.7 Å². The Hall–Kier alpha value is -3.90. The minimum Gasteiger partial charge on any atom is -0.497 e. The Morgan fingerprint density at radius 2 is 1.68 bits per heavy atom. The van der Waals surface area contributed by atoms with Crippen LogP contribution >= 0.6 is 0 Å². The van der Waals surface area contributed by atoms with Crippen LogP contribution in [-0.4, -0.2) is 37.6 Å². The van der Waals surface area contributed by atoms with Crippen molar-refractivity contribution in [3.05, 3.63) is 108 Å². The molecule has 38 heavy (non-hydrogen) atoms. The molecule has 0 aliphatic carbocycles. The van der Waals surface area contributed by atoms with Gasteiger partial charge in [0.05, 0.1) is 19.6 Å². The summed E-state index contributed by atoms with van der Waals surface area (Å²) in [5.41, 5.74) is 2.24. The maximum absolute atomic E-state index is 13.6. The van der Waals surface area contributed by atoms with Gasteiger partial charge in [-0.15, -0.1) is 0 Å². The molecular weight excluding hydrogens is 479 g/mol. The minimum absolute atomic E-state index is 0.0415. The van der Waals surface area contributed by atoms with Crippen LogP contribution in [0.5, 0.6) is 11.5 Å². The SMILES string of the molecule is COc1ccc(CNC(=O)[C@@H]2C[C@H](COc3cccc(F)c3)CN(Cc3ccc4ccccc4c3)C2)cc1. The number of carbonyl (C=O) groups is 1. The molecular formula is C32H33FN2O3. The van der Waals surface area contributed by atoms with Crippen LogP contribution in [0.1, 0.15) is 17.5 Å². The summed E-state index contributed by atoms with van der Waals surface area (Å²) in [6.45, 7) is 3.14. The van der Waals surface area contributed by atoms with Gasteiger partial charge in [0.2, 0.25) is 5.91 Å². The van der Waals surface area contributed by atoms with Crippen molar-refractivity contribution in [1.82, 2.24) is 10.2 Å². The first-order valence-electron chi connectivity index (χ1n) is 13.0. The summed E-state index contributed by atoms with van der Waals surface area (Å²) in [7, 11) is 1.64. The number of amides is 1. The number of piperidine rings is 1. The van der Waals surface area contributed by atoms with Gasteiger partial charge in [-0.1, -0.05) is 54.6 Å². The molecule has 0 saturated carbocycles. The topological polar surface area (TPSA) is 50.8 Å². The van der Waals surface area contributed by atoms with Gasteiger partial charge >= 0.3 is 0 Å². The molecule has 0 bridgehead atoms. The third-order valence-electron chi connectivity index (χ3n) is 7.11. The van der Waals surface area contributed by atoms with Gasteiger partial charge in [-0.3, -0.25) is 9.69 Å². The van der Waals surface area contributed by atoms with E-state index in [-0.39, 0.29) is 23.6 Å². The summed E-state index contributed by atoms with van der Waals surface area (Å²) in [6, 6.07) is 28.8. The number of methoxy groups -OCH3 is 1. The molecule has 0 aromatic heterocycles. The van der Waals surface area contributed by atoms with Crippen LogP contribution in [-0.2, 0) is 17.9 Å². The maximum atomic E-state index is 13.6. The average Bonchev–Trinajstić information content (AvgIpc) is 2.95. The lowest BCUT2D eigenvalue weighted by molar-refractivity contribution is -0.128. The van der Waals surface area contributed by atoms with Crippen LogP contribution in [0.2, 0.25) is 0 Å². The number of ether oxygens (including phenoxy) is 2. The van der Waals surface area contributed by atoms with E-state index in [0.717, 1.165) is 30.8 Å². The second-order valence-electron chi connectivity index (χ2n) is 10.0. The molecule has 1 fully saturated rings. The van der Waals surface area contributed by atoms with Gasteiger partial charge in [-0.2, -0.15) is 0 Å². The fourth-order valence-corrected chi connectivity index (χ4v) is 5.19. The van der Waals surface area contributed by atoms with Crippen molar-refractivity contribution >= 4 is 16.7 Å². The quantitative estimate of drug-likeness (QED) is 0.307. The number of hydrogen-bond acceptors (Lipinski definition) is 4. The highest BCUT2D eigenvalue weighted by atomic mass is 19.1. The smallest absolute Gasteiger partial charge is 0.224 e. The van der Waals surface area contributed by atoms with Gasteiger partial charge in [0.25, 0.3) is 0 Å². The Kier molecular flexibility index (Phi) is 8.19. The van der Waals surface area contributed by atoms with E-state index in [1.165, 1.54) is 28.5 Å². The van der Waals surface area contributed by atoms with Crippen LogP contribution in [0, 0.1) is 17.7 Å². The zero-order valence-electron chi connectivity index (χ0n) is 21.6. The van der Waals surface area contributed by atoms with Crippen molar-refractivity contribution in [2.75, 3.05) is 26.8 Å². The van der Waals surface area contributed by atoms with Gasteiger partial charge in [-0.25, -0.2) is 4.39 Å². The molecule has 1 saturated heterocycles. The number of fused-ring (bicyclic) bond motifs is 1. The molecule has 0 spiro atoms. The summed E-state index contributed by atoms with van der Waals surface area (Å²) < 4.78 is 24.8. The number of hydrogen-bond donors (Lipinski definition) is 1. The zero-order valence-corrected chi connectivity index (χ0v) is 21.6. The maximum Gasteiger partial charge on any atom is 0.224 e. The molecule has 4 aromatic rings. The second-order valence-corrected chi connectivity index (χ2v) is 10.0. The molecule has 1 aliphatic rings. The Labute approximate surface area is 223 Å². The van der Waals surface area contributed by atoms with Crippen molar-refractivity contribution < 1.29 is 18.7 Å². The Morgan fingerprint density at radius 3 is 2.47 bits per heavy atom. The molecule has 1 amide bonds. The lowest BCUT2D eigenvalue weighted by Gasteiger charge is -2.37. The first-order chi connectivity index (χ1) is 18.6. The van der Waals surface area contributed by atoms with Crippen molar-refractivity contribution in [2.45, 2.75) is 19.5 Å². The zero-order chi connectivity index (χ0) is 26.3. The molecule has 1 N–H and O–H groups in total. The molecule has 1 aliphatic heterocycles. The summed E-state index contributed by atoms with van der Waals surface area (Å²) in [5, 5.41) is 5.54. The summed E-state index contributed by atoms with van der Waals surface area (Å²) in [4.78, 5) is 15.6. The van der Waals surface area contributed by atoms with E-state index >= 15 is 0 Å².